The van der Waals surface area contributed by atoms with Crippen LogP contribution in [0.3, 0.4) is 0 Å². The van der Waals surface area contributed by atoms with Crippen LogP contribution in [0.25, 0.3) is 0 Å². The van der Waals surface area contributed by atoms with Crippen molar-refractivity contribution in [2.24, 2.45) is 35.0 Å². The van der Waals surface area contributed by atoms with Gasteiger partial charge < -0.3 is 14.8 Å². The van der Waals surface area contributed by atoms with Gasteiger partial charge in [-0.25, -0.2) is 4.79 Å². The van der Waals surface area contributed by atoms with Gasteiger partial charge in [0.05, 0.1) is 0 Å². The van der Waals surface area contributed by atoms with E-state index in [2.05, 4.69) is 19.2 Å². The second kappa shape index (κ2) is 8.72. The zero-order valence-corrected chi connectivity index (χ0v) is 20.3. The molecule has 1 aromatic carbocycles. The quantitative estimate of drug-likeness (QED) is 0.515. The van der Waals surface area contributed by atoms with Crippen molar-refractivity contribution in [2.45, 2.75) is 78.7 Å². The predicted octanol–water partition coefficient (Wildman–Crippen LogP) is 5.83. The van der Waals surface area contributed by atoms with Crippen molar-refractivity contribution in [1.82, 2.24) is 0 Å². The first-order valence-electron chi connectivity index (χ1n) is 12.4. The Morgan fingerprint density at radius 2 is 1.59 bits per heavy atom. The Morgan fingerprint density at radius 3 is 2.09 bits per heavy atom. The van der Waals surface area contributed by atoms with E-state index in [9.17, 15) is 9.59 Å². The lowest BCUT2D eigenvalue weighted by atomic mass is 9.47. The van der Waals surface area contributed by atoms with Gasteiger partial charge in [0, 0.05) is 11.1 Å². The monoisotopic (exact) mass is 441 g/mol. The number of carbonyl (C=O) groups excluding carboxylic acids is 2. The Labute approximate surface area is 192 Å². The van der Waals surface area contributed by atoms with Gasteiger partial charge in [-0.05, 0) is 92.4 Å². The van der Waals surface area contributed by atoms with Gasteiger partial charge in [0.15, 0.2) is 6.61 Å². The Kier molecular flexibility index (Phi) is 6.30. The summed E-state index contributed by atoms with van der Waals surface area (Å²) >= 11 is 0. The third-order valence-corrected chi connectivity index (χ3v) is 8.57. The first-order chi connectivity index (χ1) is 15.1. The number of amides is 1. The number of benzene rings is 1. The molecule has 5 nitrogen and oxygen atoms in total. The topological polar surface area (TPSA) is 64.6 Å². The lowest BCUT2D eigenvalue weighted by Crippen LogP contribution is -2.62. The molecule has 4 fully saturated rings. The van der Waals surface area contributed by atoms with Gasteiger partial charge in [0.1, 0.15) is 11.4 Å². The van der Waals surface area contributed by atoms with Crippen LogP contribution in [0, 0.1) is 35.0 Å². The van der Waals surface area contributed by atoms with Crippen LogP contribution in [0.1, 0.15) is 73.1 Å². The molecule has 0 aliphatic heterocycles. The van der Waals surface area contributed by atoms with Crippen molar-refractivity contribution < 1.29 is 19.1 Å². The van der Waals surface area contributed by atoms with Gasteiger partial charge in [-0.2, -0.15) is 0 Å². The number of nitrogens with one attached hydrogen (secondary N) is 1. The third kappa shape index (κ3) is 4.27. The molecule has 4 bridgehead atoms. The van der Waals surface area contributed by atoms with E-state index in [0.717, 1.165) is 23.9 Å². The van der Waals surface area contributed by atoms with Gasteiger partial charge in [-0.1, -0.05) is 34.6 Å². The number of esters is 1. The second-order valence-electron chi connectivity index (χ2n) is 11.3. The summed E-state index contributed by atoms with van der Waals surface area (Å²) in [5.74, 6) is 3.30. The maximum Gasteiger partial charge on any atom is 0.344 e. The summed E-state index contributed by atoms with van der Waals surface area (Å²) in [6.45, 7) is 10.2. The summed E-state index contributed by atoms with van der Waals surface area (Å²) in [4.78, 5) is 25.2. The van der Waals surface area contributed by atoms with Crippen LogP contribution in [0.2, 0.25) is 0 Å². The van der Waals surface area contributed by atoms with Crippen LogP contribution in [-0.4, -0.2) is 24.1 Å². The fraction of sp³-hybridized carbons (Fsp3) is 0.704. The minimum absolute atomic E-state index is 0.00750. The SMILES string of the molecule is CCC(C)(C)C(=O)Nc1ccc(OCC(=O)OC2(C(C)C)C3CC4CC(C3)CC2C4)cc1. The average Bonchev–Trinajstić information content (AvgIpc) is 2.75. The number of hydrogen-bond donors (Lipinski definition) is 1. The van der Waals surface area contributed by atoms with Crippen molar-refractivity contribution in [2.75, 3.05) is 11.9 Å². The maximum atomic E-state index is 12.9. The van der Waals surface area contributed by atoms with Gasteiger partial charge in [0.25, 0.3) is 0 Å². The van der Waals surface area contributed by atoms with Crippen molar-refractivity contribution in [3.8, 4) is 5.75 Å². The summed E-state index contributed by atoms with van der Waals surface area (Å²) in [5, 5.41) is 2.94. The van der Waals surface area contributed by atoms with Crippen LogP contribution in [0.5, 0.6) is 5.75 Å². The molecule has 1 aromatic rings. The molecular formula is C27H39NO4. The zero-order valence-electron chi connectivity index (χ0n) is 20.3. The average molecular weight is 442 g/mol. The highest BCUT2D eigenvalue weighted by atomic mass is 16.6. The molecule has 0 atom stereocenters. The molecule has 32 heavy (non-hydrogen) atoms. The summed E-state index contributed by atoms with van der Waals surface area (Å²) < 4.78 is 12.1. The van der Waals surface area contributed by atoms with E-state index in [1.165, 1.54) is 32.1 Å². The van der Waals surface area contributed by atoms with Crippen LogP contribution < -0.4 is 10.1 Å². The molecule has 1 N–H and O–H groups in total. The zero-order chi connectivity index (χ0) is 23.1. The highest BCUT2D eigenvalue weighted by Crippen LogP contribution is 2.61. The summed E-state index contributed by atoms with van der Waals surface area (Å²) in [5.41, 5.74) is -0.0177. The largest absolute Gasteiger partial charge is 0.482 e. The number of anilines is 1. The summed E-state index contributed by atoms with van der Waals surface area (Å²) in [6, 6.07) is 7.17. The highest BCUT2D eigenvalue weighted by Gasteiger charge is 2.60. The Bertz CT molecular complexity index is 814. The van der Waals surface area contributed by atoms with Crippen LogP contribution >= 0.6 is 0 Å². The molecule has 0 saturated heterocycles. The summed E-state index contributed by atoms with van der Waals surface area (Å²) in [6.07, 6.45) is 6.99. The molecule has 4 aliphatic rings. The molecule has 5 heteroatoms. The molecule has 1 amide bonds. The maximum absolute atomic E-state index is 12.9. The number of hydrogen-bond acceptors (Lipinski definition) is 4. The van der Waals surface area contributed by atoms with E-state index in [1.54, 1.807) is 24.3 Å². The normalized spacial score (nSPS) is 30.9. The first kappa shape index (κ1) is 23.1. The molecule has 5 rings (SSSR count). The minimum atomic E-state index is -0.413. The van der Waals surface area contributed by atoms with Crippen LogP contribution in [-0.2, 0) is 14.3 Å². The van der Waals surface area contributed by atoms with Crippen molar-refractivity contribution in [3.63, 3.8) is 0 Å². The van der Waals surface area contributed by atoms with E-state index < -0.39 is 5.41 Å². The standard InChI is InChI=1S/C27H39NO4/c1-6-26(4,5)25(30)28-22-7-9-23(10-8-22)31-16-24(29)32-27(17(2)3)20-12-18-11-19(14-20)15-21(27)13-18/h7-10,17-21H,6,11-16H2,1-5H3,(H,28,30). The Balaban J connectivity index is 1.34. The fourth-order valence-corrected chi connectivity index (χ4v) is 6.61. The van der Waals surface area contributed by atoms with Crippen LogP contribution in [0.15, 0.2) is 24.3 Å². The molecule has 0 unspecified atom stereocenters. The molecule has 0 spiro atoms. The summed E-state index contributed by atoms with van der Waals surface area (Å²) in [7, 11) is 0. The molecule has 4 aliphatic carbocycles. The van der Waals surface area contributed by atoms with Crippen molar-refractivity contribution >= 4 is 17.6 Å². The lowest BCUT2D eigenvalue weighted by Gasteiger charge is -2.61. The molecule has 176 valence electrons. The Hall–Kier alpha value is -2.04. The van der Waals surface area contributed by atoms with Gasteiger partial charge in [-0.15, -0.1) is 0 Å². The molecule has 0 heterocycles. The van der Waals surface area contributed by atoms with E-state index in [-0.39, 0.29) is 24.1 Å². The number of ether oxygens (including phenoxy) is 2. The molecular weight excluding hydrogens is 402 g/mol. The fourth-order valence-electron chi connectivity index (χ4n) is 6.61. The van der Waals surface area contributed by atoms with E-state index in [1.807, 2.05) is 20.8 Å². The molecule has 0 aromatic heterocycles. The highest BCUT2D eigenvalue weighted by molar-refractivity contribution is 5.94. The smallest absolute Gasteiger partial charge is 0.344 e. The van der Waals surface area contributed by atoms with Crippen LogP contribution in [0.4, 0.5) is 5.69 Å². The van der Waals surface area contributed by atoms with Gasteiger partial charge in [-0.3, -0.25) is 4.79 Å². The third-order valence-electron chi connectivity index (χ3n) is 8.57. The van der Waals surface area contributed by atoms with E-state index >= 15 is 0 Å². The van der Waals surface area contributed by atoms with Gasteiger partial charge >= 0.3 is 5.97 Å². The lowest BCUT2D eigenvalue weighted by molar-refractivity contribution is -0.226. The predicted molar refractivity (Wildman–Crippen MR) is 125 cm³/mol. The first-order valence-corrected chi connectivity index (χ1v) is 12.4. The van der Waals surface area contributed by atoms with E-state index in [0.29, 0.717) is 23.5 Å². The van der Waals surface area contributed by atoms with Gasteiger partial charge in [0.2, 0.25) is 5.91 Å². The van der Waals surface area contributed by atoms with E-state index in [4.69, 9.17) is 9.47 Å². The number of rotatable bonds is 8. The minimum Gasteiger partial charge on any atom is -0.482 e. The molecule has 4 saturated carbocycles. The number of carbonyl (C=O) groups is 2. The van der Waals surface area contributed by atoms with Crippen molar-refractivity contribution in [3.05, 3.63) is 24.3 Å². The van der Waals surface area contributed by atoms with Crippen molar-refractivity contribution in [1.29, 1.82) is 0 Å². The molecule has 0 radical (unpaired) electrons. The second-order valence-corrected chi connectivity index (χ2v) is 11.3. The Morgan fingerprint density at radius 1 is 1.03 bits per heavy atom.